The Morgan fingerprint density at radius 3 is 2.29 bits per heavy atom. The van der Waals surface area contributed by atoms with Crippen molar-refractivity contribution >= 4 is 5.69 Å². The molecule has 0 aliphatic carbocycles. The Labute approximate surface area is 121 Å². The van der Waals surface area contributed by atoms with Gasteiger partial charge in [-0.1, -0.05) is 0 Å². The summed E-state index contributed by atoms with van der Waals surface area (Å²) in [5.41, 5.74) is -0.680. The number of fused-ring (bicyclic) bond motifs is 2. The molecule has 0 radical (unpaired) electrons. The summed E-state index contributed by atoms with van der Waals surface area (Å²) in [6.07, 6.45) is -0.830. The molecule has 1 N–H and O–H groups in total. The van der Waals surface area contributed by atoms with Gasteiger partial charge in [0.2, 0.25) is 0 Å². The van der Waals surface area contributed by atoms with E-state index in [1.807, 2.05) is 7.05 Å². The lowest BCUT2D eigenvalue weighted by Gasteiger charge is -2.40. The maximum absolute atomic E-state index is 13.4. The Morgan fingerprint density at radius 2 is 1.76 bits per heavy atom. The zero-order chi connectivity index (χ0) is 15.2. The molecule has 2 bridgehead atoms. The van der Waals surface area contributed by atoms with Crippen LogP contribution in [0.5, 0.6) is 0 Å². The molecular formula is C15H18F4N2. The summed E-state index contributed by atoms with van der Waals surface area (Å²) in [7, 11) is 1.92. The number of nitrogens with zero attached hydrogens (tertiary/aromatic N) is 1. The predicted octanol–water partition coefficient (Wildman–Crippen LogP) is 3.56. The Morgan fingerprint density at radius 1 is 1.14 bits per heavy atom. The number of piperidine rings is 1. The van der Waals surface area contributed by atoms with E-state index in [9.17, 15) is 17.6 Å². The van der Waals surface area contributed by atoms with E-state index in [0.717, 1.165) is 37.8 Å². The lowest BCUT2D eigenvalue weighted by atomic mass is 9.96. The van der Waals surface area contributed by atoms with Gasteiger partial charge < -0.3 is 10.2 Å². The van der Waals surface area contributed by atoms with Crippen LogP contribution in [0.3, 0.4) is 0 Å². The summed E-state index contributed by atoms with van der Waals surface area (Å²) in [5.74, 6) is -1.20. The van der Waals surface area contributed by atoms with Gasteiger partial charge >= 0.3 is 6.18 Å². The summed E-state index contributed by atoms with van der Waals surface area (Å²) in [4.78, 5) is 2.06. The van der Waals surface area contributed by atoms with Crippen LogP contribution in [-0.2, 0) is 6.18 Å². The van der Waals surface area contributed by atoms with Crippen molar-refractivity contribution < 1.29 is 17.6 Å². The predicted molar refractivity (Wildman–Crippen MR) is 72.8 cm³/mol. The highest BCUT2D eigenvalue weighted by atomic mass is 19.4. The number of hydrogen-bond acceptors (Lipinski definition) is 2. The lowest BCUT2D eigenvalue weighted by Crippen LogP contribution is -2.48. The third-order valence-corrected chi connectivity index (χ3v) is 4.69. The number of benzene rings is 1. The molecule has 0 saturated carbocycles. The molecule has 0 amide bonds. The lowest BCUT2D eigenvalue weighted by molar-refractivity contribution is -0.139. The van der Waals surface area contributed by atoms with Gasteiger partial charge in [0, 0.05) is 23.8 Å². The zero-order valence-electron chi connectivity index (χ0n) is 11.8. The molecule has 6 heteroatoms. The van der Waals surface area contributed by atoms with Gasteiger partial charge in [0.05, 0.1) is 5.56 Å². The Kier molecular flexibility index (Phi) is 3.59. The van der Waals surface area contributed by atoms with E-state index in [1.54, 1.807) is 0 Å². The van der Waals surface area contributed by atoms with Crippen molar-refractivity contribution in [2.24, 2.45) is 0 Å². The fourth-order valence-corrected chi connectivity index (χ4v) is 3.73. The molecule has 2 nitrogen and oxygen atoms in total. The molecular weight excluding hydrogens is 284 g/mol. The molecule has 2 fully saturated rings. The summed E-state index contributed by atoms with van der Waals surface area (Å²) < 4.78 is 52.0. The molecule has 2 unspecified atom stereocenters. The van der Waals surface area contributed by atoms with Crippen LogP contribution in [0.25, 0.3) is 0 Å². The standard InChI is InChI=1S/C15H18F4N2/c1-20-9-6-10-2-3-11(7-9)21(10)12-4-5-14(16)13(8-12)15(17,18)19/h4-5,8-11,20H,2-3,6-7H2,1H3. The fraction of sp³-hybridized carbons (Fsp3) is 0.600. The second-order valence-corrected chi connectivity index (χ2v) is 5.91. The molecule has 116 valence electrons. The smallest absolute Gasteiger partial charge is 0.365 e. The molecule has 1 aromatic rings. The molecule has 2 aliphatic heterocycles. The van der Waals surface area contributed by atoms with Gasteiger partial charge in [-0.15, -0.1) is 0 Å². The van der Waals surface area contributed by atoms with E-state index in [-0.39, 0.29) is 12.1 Å². The maximum Gasteiger partial charge on any atom is 0.419 e. The van der Waals surface area contributed by atoms with Crippen molar-refractivity contribution in [1.82, 2.24) is 5.32 Å². The second-order valence-electron chi connectivity index (χ2n) is 5.91. The van der Waals surface area contributed by atoms with Crippen LogP contribution >= 0.6 is 0 Å². The van der Waals surface area contributed by atoms with Crippen LogP contribution in [0, 0.1) is 5.82 Å². The van der Waals surface area contributed by atoms with Crippen molar-refractivity contribution in [3.8, 4) is 0 Å². The average molecular weight is 302 g/mol. The third-order valence-electron chi connectivity index (χ3n) is 4.69. The van der Waals surface area contributed by atoms with Gasteiger partial charge in [-0.2, -0.15) is 13.2 Å². The van der Waals surface area contributed by atoms with Crippen LogP contribution in [0.1, 0.15) is 31.2 Å². The molecule has 2 aliphatic rings. The minimum Gasteiger partial charge on any atom is -0.365 e. The number of alkyl halides is 3. The number of anilines is 1. The van der Waals surface area contributed by atoms with E-state index in [4.69, 9.17) is 0 Å². The van der Waals surface area contributed by atoms with Gasteiger partial charge in [-0.25, -0.2) is 4.39 Å². The number of halogens is 4. The largest absolute Gasteiger partial charge is 0.419 e. The first-order valence-electron chi connectivity index (χ1n) is 7.22. The molecule has 21 heavy (non-hydrogen) atoms. The Hall–Kier alpha value is -1.30. The highest BCUT2D eigenvalue weighted by Gasteiger charge is 2.41. The first-order valence-corrected chi connectivity index (χ1v) is 7.22. The number of nitrogens with one attached hydrogen (secondary N) is 1. The van der Waals surface area contributed by atoms with Crippen molar-refractivity contribution in [2.45, 2.75) is 50.0 Å². The van der Waals surface area contributed by atoms with E-state index in [0.29, 0.717) is 11.7 Å². The normalized spacial score (nSPS) is 29.0. The quantitative estimate of drug-likeness (QED) is 0.840. The first-order chi connectivity index (χ1) is 9.90. The summed E-state index contributed by atoms with van der Waals surface area (Å²) in [6, 6.07) is 4.26. The van der Waals surface area contributed by atoms with Gasteiger partial charge in [-0.3, -0.25) is 0 Å². The highest BCUT2D eigenvalue weighted by Crippen LogP contribution is 2.41. The third kappa shape index (κ3) is 2.61. The van der Waals surface area contributed by atoms with Crippen LogP contribution < -0.4 is 10.2 Å². The Bertz CT molecular complexity index is 515. The molecule has 0 spiro atoms. The van der Waals surface area contributed by atoms with Crippen LogP contribution in [0.2, 0.25) is 0 Å². The fourth-order valence-electron chi connectivity index (χ4n) is 3.73. The van der Waals surface area contributed by atoms with Crippen LogP contribution in [0.4, 0.5) is 23.2 Å². The Balaban J connectivity index is 1.92. The minimum absolute atomic E-state index is 0.243. The van der Waals surface area contributed by atoms with E-state index < -0.39 is 17.6 Å². The molecule has 0 aromatic heterocycles. The van der Waals surface area contributed by atoms with E-state index in [2.05, 4.69) is 10.2 Å². The van der Waals surface area contributed by atoms with Crippen LogP contribution in [0.15, 0.2) is 18.2 Å². The average Bonchev–Trinajstić information content (AvgIpc) is 2.69. The second kappa shape index (κ2) is 5.16. The number of hydrogen-bond donors (Lipinski definition) is 1. The SMILES string of the molecule is CNC1CC2CCC(C1)N2c1ccc(F)c(C(F)(F)F)c1. The summed E-state index contributed by atoms with van der Waals surface area (Å²) in [6.45, 7) is 0. The molecule has 2 heterocycles. The number of rotatable bonds is 2. The van der Waals surface area contributed by atoms with Gasteiger partial charge in [0.1, 0.15) is 5.82 Å². The van der Waals surface area contributed by atoms with E-state index in [1.165, 1.54) is 6.07 Å². The van der Waals surface area contributed by atoms with E-state index >= 15 is 0 Å². The summed E-state index contributed by atoms with van der Waals surface area (Å²) >= 11 is 0. The van der Waals surface area contributed by atoms with Crippen molar-refractivity contribution in [2.75, 3.05) is 11.9 Å². The topological polar surface area (TPSA) is 15.3 Å². The molecule has 1 aromatic carbocycles. The highest BCUT2D eigenvalue weighted by molar-refractivity contribution is 5.53. The van der Waals surface area contributed by atoms with Gasteiger partial charge in [0.25, 0.3) is 0 Å². The van der Waals surface area contributed by atoms with Crippen molar-refractivity contribution in [3.05, 3.63) is 29.6 Å². The zero-order valence-corrected chi connectivity index (χ0v) is 11.8. The molecule has 2 saturated heterocycles. The van der Waals surface area contributed by atoms with Crippen LogP contribution in [-0.4, -0.2) is 25.2 Å². The van der Waals surface area contributed by atoms with Gasteiger partial charge in [0.15, 0.2) is 0 Å². The summed E-state index contributed by atoms with van der Waals surface area (Å²) in [5, 5.41) is 3.25. The van der Waals surface area contributed by atoms with Crippen molar-refractivity contribution in [1.29, 1.82) is 0 Å². The maximum atomic E-state index is 13.4. The molecule has 2 atom stereocenters. The first kappa shape index (κ1) is 14.6. The van der Waals surface area contributed by atoms with Crippen molar-refractivity contribution in [3.63, 3.8) is 0 Å². The van der Waals surface area contributed by atoms with Gasteiger partial charge in [-0.05, 0) is 50.9 Å². The molecule has 3 rings (SSSR count). The minimum atomic E-state index is -4.65. The monoisotopic (exact) mass is 302 g/mol.